The summed E-state index contributed by atoms with van der Waals surface area (Å²) in [6.07, 6.45) is 2.36. The lowest BCUT2D eigenvalue weighted by Gasteiger charge is -2.26. The van der Waals surface area contributed by atoms with Crippen molar-refractivity contribution >= 4 is 27.1 Å². The van der Waals surface area contributed by atoms with Crippen LogP contribution in [0.2, 0.25) is 5.02 Å². The van der Waals surface area contributed by atoms with Crippen molar-refractivity contribution in [1.82, 2.24) is 0 Å². The van der Waals surface area contributed by atoms with Gasteiger partial charge in [-0.25, -0.2) is 8.42 Å². The Morgan fingerprint density at radius 1 is 1.48 bits per heavy atom. The fraction of sp³-hybridized carbons (Fsp3) is 0.600. The van der Waals surface area contributed by atoms with Gasteiger partial charge in [-0.15, -0.1) is 0 Å². The Labute approximate surface area is 132 Å². The van der Waals surface area contributed by atoms with Gasteiger partial charge in [0, 0.05) is 29.8 Å². The molecule has 21 heavy (non-hydrogen) atoms. The molecule has 0 spiro atoms. The quantitative estimate of drug-likeness (QED) is 0.899. The van der Waals surface area contributed by atoms with Crippen LogP contribution in [0, 0.1) is 0 Å². The molecule has 0 aliphatic carbocycles. The molecular weight excluding hydrogens is 308 g/mol. The molecule has 2 atom stereocenters. The van der Waals surface area contributed by atoms with Crippen LogP contribution in [0.4, 0.5) is 5.69 Å². The van der Waals surface area contributed by atoms with Crippen LogP contribution < -0.4 is 10.6 Å². The molecule has 0 aromatic heterocycles. The molecule has 118 valence electrons. The van der Waals surface area contributed by atoms with Crippen LogP contribution in [0.1, 0.15) is 25.3 Å². The van der Waals surface area contributed by atoms with E-state index in [1.807, 2.05) is 30.1 Å². The number of hydrogen-bond donors (Lipinski definition) is 1. The Bertz CT molecular complexity index is 604. The van der Waals surface area contributed by atoms with Gasteiger partial charge in [-0.1, -0.05) is 24.6 Å². The highest BCUT2D eigenvalue weighted by Gasteiger charge is 2.30. The minimum absolute atomic E-state index is 0.0369. The van der Waals surface area contributed by atoms with E-state index in [9.17, 15) is 8.42 Å². The second kappa shape index (κ2) is 6.55. The maximum atomic E-state index is 11.6. The highest BCUT2D eigenvalue weighted by atomic mass is 35.5. The molecule has 2 rings (SSSR count). The lowest BCUT2D eigenvalue weighted by molar-refractivity contribution is 0.601. The summed E-state index contributed by atoms with van der Waals surface area (Å²) in [4.78, 5) is 2.01. The van der Waals surface area contributed by atoms with E-state index in [-0.39, 0.29) is 23.6 Å². The Hall–Kier alpha value is -0.780. The van der Waals surface area contributed by atoms with E-state index in [1.165, 1.54) is 0 Å². The molecule has 6 heteroatoms. The first-order valence-corrected chi connectivity index (χ1v) is 9.49. The first-order valence-electron chi connectivity index (χ1n) is 7.29. The van der Waals surface area contributed by atoms with Gasteiger partial charge < -0.3 is 10.6 Å². The van der Waals surface area contributed by atoms with Gasteiger partial charge in [0.1, 0.15) is 0 Å². The molecule has 1 fully saturated rings. The van der Waals surface area contributed by atoms with E-state index in [4.69, 9.17) is 17.3 Å². The number of rotatable bonds is 5. The van der Waals surface area contributed by atoms with Gasteiger partial charge in [0.25, 0.3) is 0 Å². The molecule has 0 saturated carbocycles. The number of anilines is 1. The van der Waals surface area contributed by atoms with E-state index >= 15 is 0 Å². The third-order valence-corrected chi connectivity index (χ3v) is 6.31. The average Bonchev–Trinajstić information content (AvgIpc) is 2.80. The summed E-state index contributed by atoms with van der Waals surface area (Å²) in [5.74, 6) is 0.503. The zero-order valence-electron chi connectivity index (χ0n) is 12.5. The fourth-order valence-electron chi connectivity index (χ4n) is 2.64. The predicted octanol–water partition coefficient (Wildman–Crippen LogP) is 2.24. The highest BCUT2D eigenvalue weighted by Crippen LogP contribution is 2.28. The van der Waals surface area contributed by atoms with Gasteiger partial charge in [-0.2, -0.15) is 0 Å². The SMILES string of the molecule is CCC(N)Cc1ccc(N(C)C2CCS(=O)(=O)C2)cc1Cl. The highest BCUT2D eigenvalue weighted by molar-refractivity contribution is 7.91. The van der Waals surface area contributed by atoms with E-state index in [0.29, 0.717) is 11.4 Å². The van der Waals surface area contributed by atoms with Gasteiger partial charge in [0.2, 0.25) is 0 Å². The molecule has 1 aromatic carbocycles. The number of nitrogens with two attached hydrogens (primary N) is 1. The lowest BCUT2D eigenvalue weighted by atomic mass is 10.0. The first-order chi connectivity index (χ1) is 9.82. The van der Waals surface area contributed by atoms with E-state index in [2.05, 4.69) is 6.92 Å². The Balaban J connectivity index is 2.12. The standard InChI is InChI=1S/C15H23ClN2O2S/c1-3-12(17)8-11-4-5-13(9-15(11)16)18(2)14-6-7-21(19,20)10-14/h4-5,9,12,14H,3,6-8,10,17H2,1-2H3. The molecule has 1 aliphatic heterocycles. The van der Waals surface area contributed by atoms with E-state index in [0.717, 1.165) is 24.1 Å². The van der Waals surface area contributed by atoms with Gasteiger partial charge in [-0.05, 0) is 37.0 Å². The van der Waals surface area contributed by atoms with Crippen molar-refractivity contribution in [2.24, 2.45) is 5.73 Å². The Kier molecular flexibility index (Phi) is 5.17. The maximum Gasteiger partial charge on any atom is 0.152 e. The van der Waals surface area contributed by atoms with Crippen LogP contribution in [-0.2, 0) is 16.3 Å². The van der Waals surface area contributed by atoms with Crippen LogP contribution in [-0.4, -0.2) is 39.1 Å². The summed E-state index contributed by atoms with van der Waals surface area (Å²) in [6.45, 7) is 2.06. The van der Waals surface area contributed by atoms with Gasteiger partial charge in [0.05, 0.1) is 11.5 Å². The third kappa shape index (κ3) is 4.11. The zero-order valence-corrected chi connectivity index (χ0v) is 14.1. The summed E-state index contributed by atoms with van der Waals surface area (Å²) < 4.78 is 23.2. The van der Waals surface area contributed by atoms with Crippen molar-refractivity contribution in [3.05, 3.63) is 28.8 Å². The monoisotopic (exact) mass is 330 g/mol. The molecule has 1 aromatic rings. The molecule has 0 radical (unpaired) electrons. The van der Waals surface area contributed by atoms with Crippen molar-refractivity contribution in [3.8, 4) is 0 Å². The van der Waals surface area contributed by atoms with E-state index in [1.54, 1.807) is 0 Å². The summed E-state index contributed by atoms with van der Waals surface area (Å²) in [7, 11) is -0.952. The third-order valence-electron chi connectivity index (χ3n) is 4.21. The largest absolute Gasteiger partial charge is 0.371 e. The summed E-state index contributed by atoms with van der Waals surface area (Å²) in [5.41, 5.74) is 7.96. The molecule has 1 saturated heterocycles. The summed E-state index contributed by atoms with van der Waals surface area (Å²) in [6, 6.07) is 6.05. The molecule has 0 bridgehead atoms. The molecular formula is C15H23ClN2O2S. The molecule has 0 amide bonds. The van der Waals surface area contributed by atoms with Crippen LogP contribution in [0.15, 0.2) is 18.2 Å². The Morgan fingerprint density at radius 3 is 2.71 bits per heavy atom. The van der Waals surface area contributed by atoms with Gasteiger partial charge in [-0.3, -0.25) is 0 Å². The van der Waals surface area contributed by atoms with Crippen molar-refractivity contribution in [2.45, 2.75) is 38.3 Å². The van der Waals surface area contributed by atoms with Crippen LogP contribution in [0.5, 0.6) is 0 Å². The number of benzene rings is 1. The number of hydrogen-bond acceptors (Lipinski definition) is 4. The second-order valence-electron chi connectivity index (χ2n) is 5.82. The normalized spacial score (nSPS) is 22.2. The average molecular weight is 331 g/mol. The fourth-order valence-corrected chi connectivity index (χ4v) is 4.67. The van der Waals surface area contributed by atoms with Gasteiger partial charge >= 0.3 is 0 Å². The van der Waals surface area contributed by atoms with Crippen molar-refractivity contribution < 1.29 is 8.42 Å². The van der Waals surface area contributed by atoms with E-state index < -0.39 is 9.84 Å². The van der Waals surface area contributed by atoms with Crippen LogP contribution >= 0.6 is 11.6 Å². The predicted molar refractivity (Wildman–Crippen MR) is 88.9 cm³/mol. The van der Waals surface area contributed by atoms with Gasteiger partial charge in [0.15, 0.2) is 9.84 Å². The zero-order chi connectivity index (χ0) is 15.6. The molecule has 4 nitrogen and oxygen atoms in total. The van der Waals surface area contributed by atoms with Crippen LogP contribution in [0.25, 0.3) is 0 Å². The number of halogens is 1. The first kappa shape index (κ1) is 16.6. The minimum Gasteiger partial charge on any atom is -0.371 e. The lowest BCUT2D eigenvalue weighted by Crippen LogP contribution is -2.32. The van der Waals surface area contributed by atoms with Crippen molar-refractivity contribution in [2.75, 3.05) is 23.5 Å². The molecule has 1 aliphatic rings. The topological polar surface area (TPSA) is 63.4 Å². The molecule has 2 N–H and O–H groups in total. The smallest absolute Gasteiger partial charge is 0.152 e. The summed E-state index contributed by atoms with van der Waals surface area (Å²) in [5, 5.41) is 0.698. The number of nitrogens with zero attached hydrogens (tertiary/aromatic N) is 1. The maximum absolute atomic E-state index is 11.6. The number of sulfone groups is 1. The minimum atomic E-state index is -2.88. The van der Waals surface area contributed by atoms with Crippen molar-refractivity contribution in [1.29, 1.82) is 0 Å². The van der Waals surface area contributed by atoms with Crippen LogP contribution in [0.3, 0.4) is 0 Å². The van der Waals surface area contributed by atoms with Crippen molar-refractivity contribution in [3.63, 3.8) is 0 Å². The second-order valence-corrected chi connectivity index (χ2v) is 8.45. The summed E-state index contributed by atoms with van der Waals surface area (Å²) >= 11 is 6.34. The molecule has 1 heterocycles. The Morgan fingerprint density at radius 2 is 2.19 bits per heavy atom. The molecule has 2 unspecified atom stereocenters.